The fourth-order valence-corrected chi connectivity index (χ4v) is 2.06. The van der Waals surface area contributed by atoms with Gasteiger partial charge in [-0.25, -0.2) is 4.98 Å². The summed E-state index contributed by atoms with van der Waals surface area (Å²) in [7, 11) is 0. The highest BCUT2D eigenvalue weighted by Gasteiger charge is 2.13. The molecule has 9 heteroatoms. The van der Waals surface area contributed by atoms with Gasteiger partial charge in [-0.15, -0.1) is 0 Å². The number of hydrogen-bond acceptors (Lipinski definition) is 7. The van der Waals surface area contributed by atoms with E-state index in [1.807, 2.05) is 6.92 Å². The lowest BCUT2D eigenvalue weighted by Crippen LogP contribution is -2.30. The van der Waals surface area contributed by atoms with Crippen LogP contribution in [0.3, 0.4) is 0 Å². The van der Waals surface area contributed by atoms with Crippen molar-refractivity contribution in [2.24, 2.45) is 0 Å². The van der Waals surface area contributed by atoms with E-state index in [2.05, 4.69) is 20.8 Å². The number of aromatic nitrogens is 2. The number of aryl methyl sites for hydroxylation is 1. The smallest absolute Gasteiger partial charge is 0.305 e. The Morgan fingerprint density at radius 2 is 2.16 bits per heavy atom. The summed E-state index contributed by atoms with van der Waals surface area (Å²) in [6, 6.07) is 8.30. The van der Waals surface area contributed by atoms with Crippen LogP contribution in [0, 0.1) is 6.92 Å². The predicted molar refractivity (Wildman–Crippen MR) is 92.5 cm³/mol. The molecule has 0 bridgehead atoms. The zero-order valence-corrected chi connectivity index (χ0v) is 13.9. The highest BCUT2D eigenvalue weighted by Crippen LogP contribution is 2.30. The molecule has 128 valence electrons. The van der Waals surface area contributed by atoms with Crippen LogP contribution in [0.25, 0.3) is 0 Å². The Labute approximate surface area is 147 Å². The topological polar surface area (TPSA) is 115 Å². The van der Waals surface area contributed by atoms with Crippen LogP contribution >= 0.6 is 11.6 Å². The van der Waals surface area contributed by atoms with Crippen molar-refractivity contribution in [2.45, 2.75) is 6.92 Å². The number of anilines is 2. The van der Waals surface area contributed by atoms with Crippen LogP contribution in [-0.4, -0.2) is 15.9 Å². The van der Waals surface area contributed by atoms with Crippen LogP contribution in [0.4, 0.5) is 11.5 Å². The number of amides is 1. The quantitative estimate of drug-likeness (QED) is 0.599. The summed E-state index contributed by atoms with van der Waals surface area (Å²) < 4.78 is 10.6. The number of furan rings is 1. The minimum Gasteiger partial charge on any atom is -0.459 e. The number of nitrogen functional groups attached to an aromatic ring is 1. The summed E-state index contributed by atoms with van der Waals surface area (Å²) in [5, 5.41) is 0.631. The summed E-state index contributed by atoms with van der Waals surface area (Å²) in [4.78, 5) is 19.8. The first-order valence-electron chi connectivity index (χ1n) is 7.19. The maximum Gasteiger partial charge on any atom is 0.305 e. The van der Waals surface area contributed by atoms with Crippen LogP contribution < -0.4 is 21.3 Å². The number of hydrogen-bond donors (Lipinski definition) is 3. The number of rotatable bonds is 5. The molecule has 0 aliphatic carbocycles. The van der Waals surface area contributed by atoms with Gasteiger partial charge in [-0.05, 0) is 42.8 Å². The van der Waals surface area contributed by atoms with Crippen LogP contribution in [0.1, 0.15) is 16.1 Å². The highest BCUT2D eigenvalue weighted by molar-refractivity contribution is 6.31. The first kappa shape index (κ1) is 16.6. The van der Waals surface area contributed by atoms with Gasteiger partial charge in [0, 0.05) is 5.02 Å². The number of halogens is 1. The van der Waals surface area contributed by atoms with Crippen molar-refractivity contribution in [3.05, 3.63) is 59.3 Å². The zero-order chi connectivity index (χ0) is 17.8. The molecule has 2 heterocycles. The van der Waals surface area contributed by atoms with E-state index in [-0.39, 0.29) is 23.1 Å². The number of benzene rings is 1. The predicted octanol–water partition coefficient (Wildman–Crippen LogP) is 3.16. The number of nitrogens with one attached hydrogen (secondary N) is 2. The third-order valence-corrected chi connectivity index (χ3v) is 3.65. The molecule has 0 atom stereocenters. The number of nitrogens with zero attached hydrogens (tertiary/aromatic N) is 2. The molecule has 0 radical (unpaired) electrons. The van der Waals surface area contributed by atoms with E-state index in [1.165, 1.54) is 18.7 Å². The average Bonchev–Trinajstić information content (AvgIpc) is 3.13. The minimum atomic E-state index is -0.473. The van der Waals surface area contributed by atoms with Gasteiger partial charge in [0.15, 0.2) is 11.6 Å². The molecular weight excluding hydrogens is 346 g/mol. The van der Waals surface area contributed by atoms with Crippen molar-refractivity contribution >= 4 is 29.0 Å². The van der Waals surface area contributed by atoms with Gasteiger partial charge in [0.1, 0.15) is 17.8 Å². The summed E-state index contributed by atoms with van der Waals surface area (Å²) in [6.45, 7) is 1.86. The zero-order valence-electron chi connectivity index (χ0n) is 13.1. The van der Waals surface area contributed by atoms with E-state index in [4.69, 9.17) is 26.5 Å². The second kappa shape index (κ2) is 7.10. The highest BCUT2D eigenvalue weighted by atomic mass is 35.5. The lowest BCUT2D eigenvalue weighted by atomic mass is 10.2. The largest absolute Gasteiger partial charge is 0.459 e. The van der Waals surface area contributed by atoms with Crippen molar-refractivity contribution in [3.63, 3.8) is 0 Å². The molecule has 0 unspecified atom stereocenters. The number of ether oxygens (including phenoxy) is 1. The Morgan fingerprint density at radius 3 is 2.88 bits per heavy atom. The van der Waals surface area contributed by atoms with E-state index >= 15 is 0 Å². The second-order valence-corrected chi connectivity index (χ2v) is 5.42. The Hall–Kier alpha value is -3.26. The van der Waals surface area contributed by atoms with Gasteiger partial charge in [0.05, 0.1) is 6.26 Å². The normalized spacial score (nSPS) is 10.3. The van der Waals surface area contributed by atoms with Crippen LogP contribution in [0.2, 0.25) is 5.02 Å². The molecule has 0 saturated heterocycles. The molecule has 3 rings (SSSR count). The Morgan fingerprint density at radius 1 is 1.32 bits per heavy atom. The Balaban J connectivity index is 1.73. The van der Waals surface area contributed by atoms with Crippen LogP contribution in [-0.2, 0) is 0 Å². The van der Waals surface area contributed by atoms with Crippen LogP contribution in [0.15, 0.2) is 47.3 Å². The van der Waals surface area contributed by atoms with E-state index in [0.717, 1.165) is 5.56 Å². The minimum absolute atomic E-state index is 0.134. The van der Waals surface area contributed by atoms with E-state index in [0.29, 0.717) is 10.8 Å². The van der Waals surface area contributed by atoms with E-state index < -0.39 is 5.91 Å². The van der Waals surface area contributed by atoms with Gasteiger partial charge in [-0.3, -0.25) is 15.6 Å². The molecular formula is C16H14ClN5O3. The molecule has 8 nitrogen and oxygen atoms in total. The SMILES string of the molecule is Cc1cc(Oc2ncnc(NNC(=O)c3ccco3)c2N)ccc1Cl. The maximum atomic E-state index is 11.8. The van der Waals surface area contributed by atoms with E-state index in [1.54, 1.807) is 24.3 Å². The average molecular weight is 360 g/mol. The number of carbonyl (C=O) groups excluding carboxylic acids is 1. The van der Waals surface area contributed by atoms with Gasteiger partial charge in [0.2, 0.25) is 5.88 Å². The number of nitrogens with two attached hydrogens (primary N) is 1. The van der Waals surface area contributed by atoms with Crippen molar-refractivity contribution in [3.8, 4) is 11.6 Å². The first-order chi connectivity index (χ1) is 12.0. The number of hydrazine groups is 1. The van der Waals surface area contributed by atoms with Gasteiger partial charge in [-0.2, -0.15) is 4.98 Å². The van der Waals surface area contributed by atoms with E-state index in [9.17, 15) is 4.79 Å². The molecule has 2 aromatic heterocycles. The standard InChI is InChI=1S/C16H14ClN5O3/c1-9-7-10(4-5-11(9)17)25-16-13(18)14(19-8-20-16)21-22-15(23)12-3-2-6-24-12/h2-8H,18H2,1H3,(H,22,23)(H,19,20,21). The monoisotopic (exact) mass is 359 g/mol. The van der Waals surface area contributed by atoms with Crippen molar-refractivity contribution in [1.29, 1.82) is 0 Å². The fourth-order valence-electron chi connectivity index (χ4n) is 1.94. The fraction of sp³-hybridized carbons (Fsp3) is 0.0625. The van der Waals surface area contributed by atoms with Crippen molar-refractivity contribution in [2.75, 3.05) is 11.2 Å². The second-order valence-electron chi connectivity index (χ2n) is 5.01. The molecule has 3 aromatic rings. The molecule has 0 aliphatic heterocycles. The maximum absolute atomic E-state index is 11.8. The van der Waals surface area contributed by atoms with Crippen LogP contribution in [0.5, 0.6) is 11.6 Å². The first-order valence-corrected chi connectivity index (χ1v) is 7.56. The third-order valence-electron chi connectivity index (χ3n) is 3.23. The number of carbonyl (C=O) groups is 1. The van der Waals surface area contributed by atoms with Gasteiger partial charge in [0.25, 0.3) is 0 Å². The van der Waals surface area contributed by atoms with Crippen molar-refractivity contribution < 1.29 is 13.9 Å². The Kier molecular flexibility index (Phi) is 4.71. The molecule has 0 saturated carbocycles. The molecule has 0 fully saturated rings. The van der Waals surface area contributed by atoms with Gasteiger partial charge in [-0.1, -0.05) is 11.6 Å². The van der Waals surface area contributed by atoms with Gasteiger partial charge >= 0.3 is 5.91 Å². The van der Waals surface area contributed by atoms with Crippen molar-refractivity contribution in [1.82, 2.24) is 15.4 Å². The molecule has 25 heavy (non-hydrogen) atoms. The molecule has 0 aliphatic rings. The molecule has 4 N–H and O–H groups in total. The third kappa shape index (κ3) is 3.81. The summed E-state index contributed by atoms with van der Waals surface area (Å²) >= 11 is 5.99. The Bertz CT molecular complexity index is 899. The molecule has 1 amide bonds. The summed E-state index contributed by atoms with van der Waals surface area (Å²) in [5.74, 6) is 0.534. The molecule has 0 spiro atoms. The molecule has 1 aromatic carbocycles. The lowest BCUT2D eigenvalue weighted by Gasteiger charge is -2.12. The lowest BCUT2D eigenvalue weighted by molar-refractivity contribution is 0.0935. The summed E-state index contributed by atoms with van der Waals surface area (Å²) in [5.41, 5.74) is 12.0. The van der Waals surface area contributed by atoms with Gasteiger partial charge < -0.3 is 14.9 Å². The summed E-state index contributed by atoms with van der Waals surface area (Å²) in [6.07, 6.45) is 2.66.